The van der Waals surface area contributed by atoms with Crippen LogP contribution in [0.25, 0.3) is 0 Å². The first kappa shape index (κ1) is 12.9. The van der Waals surface area contributed by atoms with Crippen molar-refractivity contribution < 1.29 is 14.3 Å². The van der Waals surface area contributed by atoms with E-state index in [-0.39, 0.29) is 6.61 Å². The highest BCUT2D eigenvalue weighted by Gasteiger charge is 2.17. The molecule has 0 spiro atoms. The topological polar surface area (TPSA) is 61.5 Å². The van der Waals surface area contributed by atoms with Gasteiger partial charge < -0.3 is 15.2 Å². The van der Waals surface area contributed by atoms with Crippen molar-refractivity contribution in [3.8, 4) is 5.75 Å². The molecule has 1 aliphatic rings. The molecule has 1 aromatic carbocycles. The average Bonchev–Trinajstić information content (AvgIpc) is 2.43. The molecule has 18 heavy (non-hydrogen) atoms. The Labute approximate surface area is 107 Å². The van der Waals surface area contributed by atoms with Gasteiger partial charge in [0.1, 0.15) is 18.4 Å². The fourth-order valence-electron chi connectivity index (χ4n) is 2.28. The van der Waals surface area contributed by atoms with Crippen molar-refractivity contribution in [3.05, 3.63) is 29.3 Å². The first-order valence-electron chi connectivity index (χ1n) is 6.29. The minimum absolute atomic E-state index is 0.156. The van der Waals surface area contributed by atoms with Gasteiger partial charge in [-0.15, -0.1) is 0 Å². The summed E-state index contributed by atoms with van der Waals surface area (Å²) in [6.45, 7) is 0.156. The van der Waals surface area contributed by atoms with E-state index in [1.54, 1.807) is 0 Å². The molecule has 0 aromatic heterocycles. The number of carbonyl (C=O) groups is 1. The van der Waals surface area contributed by atoms with Crippen LogP contribution in [0.5, 0.6) is 5.75 Å². The number of nitrogens with two attached hydrogens (primary N) is 1. The highest BCUT2D eigenvalue weighted by atomic mass is 16.5. The maximum atomic E-state index is 11.2. The summed E-state index contributed by atoms with van der Waals surface area (Å²) in [5, 5.41) is 0. The number of esters is 1. The lowest BCUT2D eigenvalue weighted by atomic mass is 9.91. The van der Waals surface area contributed by atoms with E-state index in [1.165, 1.54) is 31.1 Å². The van der Waals surface area contributed by atoms with Gasteiger partial charge in [-0.05, 0) is 42.9 Å². The molecule has 0 fully saturated rings. The zero-order valence-corrected chi connectivity index (χ0v) is 10.6. The van der Waals surface area contributed by atoms with Crippen LogP contribution in [-0.2, 0) is 22.4 Å². The fraction of sp³-hybridized carbons (Fsp3) is 0.500. The Morgan fingerprint density at radius 3 is 2.94 bits per heavy atom. The van der Waals surface area contributed by atoms with E-state index in [0.29, 0.717) is 0 Å². The number of ether oxygens (including phenoxy) is 2. The zero-order chi connectivity index (χ0) is 13.0. The molecule has 0 saturated carbocycles. The Morgan fingerprint density at radius 1 is 1.39 bits per heavy atom. The number of carbonyl (C=O) groups excluding carboxylic acids is 1. The predicted octanol–water partition coefficient (Wildman–Crippen LogP) is 1.44. The van der Waals surface area contributed by atoms with Crippen LogP contribution < -0.4 is 10.5 Å². The number of benzene rings is 1. The summed E-state index contributed by atoms with van der Waals surface area (Å²) in [6.07, 6.45) is 4.57. The summed E-state index contributed by atoms with van der Waals surface area (Å²) in [7, 11) is 1.33. The van der Waals surface area contributed by atoms with Gasteiger partial charge in [-0.2, -0.15) is 0 Å². The average molecular weight is 249 g/mol. The summed E-state index contributed by atoms with van der Waals surface area (Å²) in [6, 6.07) is 5.34. The van der Waals surface area contributed by atoms with Gasteiger partial charge in [0.2, 0.25) is 0 Å². The number of hydrogen-bond acceptors (Lipinski definition) is 4. The van der Waals surface area contributed by atoms with E-state index in [4.69, 9.17) is 10.5 Å². The third-order valence-electron chi connectivity index (χ3n) is 3.28. The molecule has 4 nitrogen and oxygen atoms in total. The molecule has 0 saturated heterocycles. The van der Waals surface area contributed by atoms with Gasteiger partial charge in [-0.3, -0.25) is 4.79 Å². The van der Waals surface area contributed by atoms with E-state index in [2.05, 4.69) is 10.8 Å². The molecule has 2 N–H and O–H groups in total. The van der Waals surface area contributed by atoms with Crippen LogP contribution in [0.1, 0.15) is 24.0 Å². The lowest BCUT2D eigenvalue weighted by Gasteiger charge is -2.20. The highest BCUT2D eigenvalue weighted by Crippen LogP contribution is 2.29. The Morgan fingerprint density at radius 2 is 2.17 bits per heavy atom. The zero-order valence-electron chi connectivity index (χ0n) is 10.6. The van der Waals surface area contributed by atoms with Crippen LogP contribution in [0, 0.1) is 0 Å². The van der Waals surface area contributed by atoms with E-state index in [1.807, 2.05) is 12.1 Å². The number of methoxy groups -OCH3 is 1. The first-order chi connectivity index (χ1) is 8.72. The quantitative estimate of drug-likeness (QED) is 0.820. The largest absolute Gasteiger partial charge is 0.491 e. The Kier molecular flexibility index (Phi) is 4.20. The molecule has 1 unspecified atom stereocenters. The third-order valence-corrected chi connectivity index (χ3v) is 3.28. The Hall–Kier alpha value is -1.55. The van der Waals surface area contributed by atoms with Crippen LogP contribution in [0.3, 0.4) is 0 Å². The van der Waals surface area contributed by atoms with Crippen LogP contribution >= 0.6 is 0 Å². The molecule has 1 atom stereocenters. The number of aryl methyl sites for hydroxylation is 1. The molecule has 1 aliphatic carbocycles. The van der Waals surface area contributed by atoms with Gasteiger partial charge in [-0.25, -0.2) is 0 Å². The molecule has 98 valence electrons. The van der Waals surface area contributed by atoms with Gasteiger partial charge in [0, 0.05) is 0 Å². The van der Waals surface area contributed by atoms with E-state index in [0.717, 1.165) is 18.6 Å². The maximum absolute atomic E-state index is 11.2. The molecular weight excluding hydrogens is 230 g/mol. The second kappa shape index (κ2) is 5.87. The Balaban J connectivity index is 2.03. The molecule has 4 heteroatoms. The molecule has 0 aliphatic heterocycles. The molecule has 1 aromatic rings. The normalized spacial score (nSPS) is 15.7. The lowest BCUT2D eigenvalue weighted by molar-refractivity contribution is -0.142. The third kappa shape index (κ3) is 2.82. The minimum Gasteiger partial charge on any atom is -0.491 e. The van der Waals surface area contributed by atoms with Crippen LogP contribution in [0.2, 0.25) is 0 Å². The highest BCUT2D eigenvalue weighted by molar-refractivity contribution is 5.75. The fourth-order valence-corrected chi connectivity index (χ4v) is 2.28. The minimum atomic E-state index is -0.727. The second-order valence-corrected chi connectivity index (χ2v) is 4.54. The number of hydrogen-bond donors (Lipinski definition) is 1. The molecular formula is C14H19NO3. The summed E-state index contributed by atoms with van der Waals surface area (Å²) < 4.78 is 10.2. The van der Waals surface area contributed by atoms with E-state index >= 15 is 0 Å². The van der Waals surface area contributed by atoms with Gasteiger partial charge in [-0.1, -0.05) is 12.1 Å². The maximum Gasteiger partial charge on any atom is 0.326 e. The van der Waals surface area contributed by atoms with Gasteiger partial charge in [0.15, 0.2) is 0 Å². The summed E-state index contributed by atoms with van der Waals surface area (Å²) in [5.41, 5.74) is 8.27. The molecule has 0 amide bonds. The van der Waals surface area contributed by atoms with Crippen LogP contribution in [0.4, 0.5) is 0 Å². The monoisotopic (exact) mass is 249 g/mol. The van der Waals surface area contributed by atoms with Crippen molar-refractivity contribution in [1.29, 1.82) is 0 Å². The first-order valence-corrected chi connectivity index (χ1v) is 6.29. The van der Waals surface area contributed by atoms with Crippen molar-refractivity contribution in [3.63, 3.8) is 0 Å². The van der Waals surface area contributed by atoms with Crippen molar-refractivity contribution in [2.24, 2.45) is 5.73 Å². The summed E-state index contributed by atoms with van der Waals surface area (Å²) in [5.74, 6) is 0.409. The molecule has 0 bridgehead atoms. The second-order valence-electron chi connectivity index (χ2n) is 4.54. The number of rotatable bonds is 4. The molecule has 0 radical (unpaired) electrons. The van der Waals surface area contributed by atoms with E-state index in [9.17, 15) is 4.79 Å². The standard InChI is InChI=1S/C14H19NO3/c1-17-14(16)12(15)9-18-13-8-4-6-10-5-2-3-7-11(10)13/h4,6,8,12H,2-3,5,7,9,15H2,1H3. The van der Waals surface area contributed by atoms with Gasteiger partial charge in [0.25, 0.3) is 0 Å². The van der Waals surface area contributed by atoms with Crippen molar-refractivity contribution in [2.45, 2.75) is 31.7 Å². The molecule has 0 heterocycles. The lowest BCUT2D eigenvalue weighted by Crippen LogP contribution is -2.37. The SMILES string of the molecule is COC(=O)C(N)COc1cccc2c1CCCC2. The number of fused-ring (bicyclic) bond motifs is 1. The van der Waals surface area contributed by atoms with Crippen molar-refractivity contribution in [1.82, 2.24) is 0 Å². The van der Waals surface area contributed by atoms with Gasteiger partial charge in [0.05, 0.1) is 7.11 Å². The smallest absolute Gasteiger partial charge is 0.326 e. The van der Waals surface area contributed by atoms with Crippen LogP contribution in [0.15, 0.2) is 18.2 Å². The summed E-state index contributed by atoms with van der Waals surface area (Å²) >= 11 is 0. The van der Waals surface area contributed by atoms with Crippen molar-refractivity contribution >= 4 is 5.97 Å². The van der Waals surface area contributed by atoms with Crippen LogP contribution in [-0.4, -0.2) is 25.7 Å². The Bertz CT molecular complexity index is 431. The summed E-state index contributed by atoms with van der Waals surface area (Å²) in [4.78, 5) is 11.2. The van der Waals surface area contributed by atoms with Gasteiger partial charge >= 0.3 is 5.97 Å². The van der Waals surface area contributed by atoms with E-state index < -0.39 is 12.0 Å². The molecule has 2 rings (SSSR count). The predicted molar refractivity (Wildman–Crippen MR) is 68.6 cm³/mol. The van der Waals surface area contributed by atoms with Crippen molar-refractivity contribution in [2.75, 3.05) is 13.7 Å².